The minimum Gasteiger partial charge on any atom is -0.137 e. The number of rotatable bonds is 0. The fraction of sp³-hybridized carbons (Fsp3) is 0.286. The number of hydrogen-bond donors (Lipinski definition) is 0. The van der Waals surface area contributed by atoms with Crippen molar-refractivity contribution < 1.29 is 4.68 Å². The van der Waals surface area contributed by atoms with Gasteiger partial charge in [0, 0.05) is 5.56 Å². The summed E-state index contributed by atoms with van der Waals surface area (Å²) in [4.78, 5) is 0. The zero-order valence-corrected chi connectivity index (χ0v) is 6.52. The molecule has 2 heterocycles. The van der Waals surface area contributed by atoms with Crippen LogP contribution in [0.25, 0.3) is 5.65 Å². The van der Waals surface area contributed by atoms with Crippen molar-refractivity contribution >= 4 is 5.65 Å². The third-order valence-corrected chi connectivity index (χ3v) is 1.61. The van der Waals surface area contributed by atoms with Gasteiger partial charge < -0.3 is 0 Å². The molecule has 0 aliphatic heterocycles. The van der Waals surface area contributed by atoms with Crippen molar-refractivity contribution in [1.82, 2.24) is 14.7 Å². The predicted octanol–water partition coefficient (Wildman–Crippen LogP) is -0.138. The molecular formula is C7H9N4+. The predicted molar refractivity (Wildman–Crippen MR) is 38.9 cm³/mol. The van der Waals surface area contributed by atoms with Crippen molar-refractivity contribution in [2.45, 2.75) is 6.92 Å². The average molecular weight is 149 g/mol. The lowest BCUT2D eigenvalue weighted by atomic mass is 10.3. The Kier molecular flexibility index (Phi) is 1.15. The number of fused-ring (bicyclic) bond motifs is 1. The van der Waals surface area contributed by atoms with Crippen molar-refractivity contribution in [2.24, 2.45) is 7.05 Å². The van der Waals surface area contributed by atoms with E-state index in [2.05, 4.69) is 10.2 Å². The molecule has 2 aromatic rings. The molecule has 0 fully saturated rings. The Labute approximate surface area is 64.1 Å². The first kappa shape index (κ1) is 6.27. The summed E-state index contributed by atoms with van der Waals surface area (Å²) >= 11 is 0. The molecule has 11 heavy (non-hydrogen) atoms. The van der Waals surface area contributed by atoms with Crippen molar-refractivity contribution in [2.75, 3.05) is 0 Å². The van der Waals surface area contributed by atoms with E-state index >= 15 is 0 Å². The van der Waals surface area contributed by atoms with Gasteiger partial charge in [-0.2, -0.15) is 0 Å². The van der Waals surface area contributed by atoms with Crippen LogP contribution in [0.1, 0.15) is 5.56 Å². The largest absolute Gasteiger partial charge is 0.292 e. The molecule has 2 aromatic heterocycles. The Morgan fingerprint density at radius 2 is 2.36 bits per heavy atom. The highest BCUT2D eigenvalue weighted by Gasteiger charge is 2.07. The van der Waals surface area contributed by atoms with Crippen LogP contribution in [0.5, 0.6) is 0 Å². The topological polar surface area (TPSA) is 34.1 Å². The molecule has 0 aliphatic rings. The number of aromatic nitrogens is 4. The molecule has 0 bridgehead atoms. The van der Waals surface area contributed by atoms with Gasteiger partial charge in [0.25, 0.3) is 12.0 Å². The summed E-state index contributed by atoms with van der Waals surface area (Å²) in [7, 11) is 1.88. The summed E-state index contributed by atoms with van der Waals surface area (Å²) in [6, 6.07) is 1.95. The lowest BCUT2D eigenvalue weighted by Crippen LogP contribution is -2.28. The Balaban J connectivity index is 2.90. The first-order valence-electron chi connectivity index (χ1n) is 3.44. The molecule has 0 aromatic carbocycles. The Hall–Kier alpha value is -1.45. The smallest absolute Gasteiger partial charge is 0.137 e. The van der Waals surface area contributed by atoms with Gasteiger partial charge in [0.15, 0.2) is 0 Å². The monoisotopic (exact) mass is 149 g/mol. The molecular weight excluding hydrogens is 140 g/mol. The minimum atomic E-state index is 0.912. The Morgan fingerprint density at radius 1 is 1.55 bits per heavy atom. The second-order valence-electron chi connectivity index (χ2n) is 2.57. The normalized spacial score (nSPS) is 10.7. The molecule has 0 saturated carbocycles. The SMILES string of the molecule is Cc1ccnn2c[n+](C)nc12. The highest BCUT2D eigenvalue weighted by Crippen LogP contribution is 2.00. The highest BCUT2D eigenvalue weighted by atomic mass is 15.4. The van der Waals surface area contributed by atoms with Gasteiger partial charge in [-0.1, -0.05) is 9.61 Å². The fourth-order valence-corrected chi connectivity index (χ4v) is 1.07. The number of nitrogens with zero attached hydrogens (tertiary/aromatic N) is 4. The van der Waals surface area contributed by atoms with Crippen LogP contribution >= 0.6 is 0 Å². The van der Waals surface area contributed by atoms with E-state index in [1.54, 1.807) is 15.4 Å². The van der Waals surface area contributed by atoms with Crippen LogP contribution in [0.15, 0.2) is 18.6 Å². The van der Waals surface area contributed by atoms with Crippen LogP contribution < -0.4 is 4.68 Å². The molecule has 4 heteroatoms. The van der Waals surface area contributed by atoms with Crippen molar-refractivity contribution in [3.8, 4) is 0 Å². The van der Waals surface area contributed by atoms with Gasteiger partial charge in [0.05, 0.1) is 6.20 Å². The highest BCUT2D eigenvalue weighted by molar-refractivity contribution is 5.42. The van der Waals surface area contributed by atoms with Crippen LogP contribution in [-0.2, 0) is 7.05 Å². The zero-order chi connectivity index (χ0) is 7.84. The van der Waals surface area contributed by atoms with E-state index in [1.165, 1.54) is 0 Å². The van der Waals surface area contributed by atoms with Gasteiger partial charge in [0.2, 0.25) is 0 Å². The maximum Gasteiger partial charge on any atom is 0.292 e. The molecule has 0 unspecified atom stereocenters. The van der Waals surface area contributed by atoms with E-state index in [0.29, 0.717) is 0 Å². The van der Waals surface area contributed by atoms with Crippen LogP contribution in [0.3, 0.4) is 0 Å². The second kappa shape index (κ2) is 2.02. The van der Waals surface area contributed by atoms with Crippen LogP contribution in [0.4, 0.5) is 0 Å². The van der Waals surface area contributed by atoms with E-state index < -0.39 is 0 Å². The fourth-order valence-electron chi connectivity index (χ4n) is 1.07. The zero-order valence-electron chi connectivity index (χ0n) is 6.52. The maximum atomic E-state index is 4.23. The van der Waals surface area contributed by atoms with Gasteiger partial charge in [-0.3, -0.25) is 0 Å². The van der Waals surface area contributed by atoms with Crippen LogP contribution in [0.2, 0.25) is 0 Å². The van der Waals surface area contributed by atoms with E-state index in [1.807, 2.05) is 26.4 Å². The molecule has 0 N–H and O–H groups in total. The second-order valence-corrected chi connectivity index (χ2v) is 2.57. The van der Waals surface area contributed by atoms with Gasteiger partial charge in [0.1, 0.15) is 7.05 Å². The Morgan fingerprint density at radius 3 is 3.09 bits per heavy atom. The first-order valence-corrected chi connectivity index (χ1v) is 3.44. The minimum absolute atomic E-state index is 0.912. The number of aryl methyl sites for hydroxylation is 2. The Bertz CT molecular complexity index is 390. The summed E-state index contributed by atoms with van der Waals surface area (Å²) in [5.41, 5.74) is 2.05. The number of hydrogen-bond acceptors (Lipinski definition) is 2. The van der Waals surface area contributed by atoms with Crippen LogP contribution in [-0.4, -0.2) is 14.7 Å². The summed E-state index contributed by atoms with van der Waals surface area (Å²) in [6.45, 7) is 2.02. The van der Waals surface area contributed by atoms with Gasteiger partial charge in [-0.25, -0.2) is 0 Å². The maximum absolute atomic E-state index is 4.23. The van der Waals surface area contributed by atoms with Gasteiger partial charge >= 0.3 is 0 Å². The van der Waals surface area contributed by atoms with E-state index in [9.17, 15) is 0 Å². The molecule has 0 radical (unpaired) electrons. The van der Waals surface area contributed by atoms with Gasteiger partial charge in [-0.05, 0) is 18.1 Å². The van der Waals surface area contributed by atoms with Crippen LogP contribution in [0, 0.1) is 6.92 Å². The summed E-state index contributed by atoms with van der Waals surface area (Å²) in [6.07, 6.45) is 3.60. The lowest BCUT2D eigenvalue weighted by Gasteiger charge is -1.84. The van der Waals surface area contributed by atoms with E-state index in [4.69, 9.17) is 0 Å². The van der Waals surface area contributed by atoms with E-state index in [0.717, 1.165) is 11.2 Å². The summed E-state index contributed by atoms with van der Waals surface area (Å²) in [5.74, 6) is 0. The third-order valence-electron chi connectivity index (χ3n) is 1.61. The quantitative estimate of drug-likeness (QED) is 0.489. The van der Waals surface area contributed by atoms with Gasteiger partial charge in [-0.15, -0.1) is 4.68 Å². The standard InChI is InChI=1S/C7H9N4/c1-6-3-4-8-11-5-10(2)9-7(6)11/h3-5H,1-2H3/q+1. The third kappa shape index (κ3) is 0.869. The molecule has 0 amide bonds. The van der Waals surface area contributed by atoms with E-state index in [-0.39, 0.29) is 0 Å². The molecule has 2 rings (SSSR count). The molecule has 0 saturated heterocycles. The molecule has 0 atom stereocenters. The molecule has 4 nitrogen and oxygen atoms in total. The van der Waals surface area contributed by atoms with Crippen molar-refractivity contribution in [3.05, 3.63) is 24.2 Å². The molecule has 56 valence electrons. The summed E-state index contributed by atoms with van der Waals surface area (Å²) in [5, 5.41) is 8.33. The molecule has 0 aliphatic carbocycles. The average Bonchev–Trinajstić information content (AvgIpc) is 2.31. The van der Waals surface area contributed by atoms with Crippen molar-refractivity contribution in [3.63, 3.8) is 0 Å². The summed E-state index contributed by atoms with van der Waals surface area (Å²) < 4.78 is 3.50. The lowest BCUT2D eigenvalue weighted by molar-refractivity contribution is -0.727. The van der Waals surface area contributed by atoms with Crippen molar-refractivity contribution in [1.29, 1.82) is 0 Å². The first-order chi connectivity index (χ1) is 5.27. The molecule has 0 spiro atoms.